The molecule has 3 rings (SSSR count). The molecule has 1 atom stereocenters. The Morgan fingerprint density at radius 1 is 1.12 bits per heavy atom. The molecule has 0 radical (unpaired) electrons. The lowest BCUT2D eigenvalue weighted by molar-refractivity contribution is -0.133. The van der Waals surface area contributed by atoms with E-state index in [4.69, 9.17) is 0 Å². The number of aromatic nitrogens is 2. The second kappa shape index (κ2) is 10.4. The highest BCUT2D eigenvalue weighted by atomic mass is 35.5. The van der Waals surface area contributed by atoms with Crippen LogP contribution < -0.4 is 10.2 Å². The summed E-state index contributed by atoms with van der Waals surface area (Å²) in [5.41, 5.74) is 2.14. The number of nitrogens with one attached hydrogen (secondary N) is 1. The lowest BCUT2D eigenvalue weighted by Crippen LogP contribution is -2.41. The Morgan fingerprint density at radius 3 is 2.46 bits per heavy atom. The van der Waals surface area contributed by atoms with E-state index >= 15 is 0 Å². The fourth-order valence-electron chi connectivity index (χ4n) is 3.24. The van der Waals surface area contributed by atoms with Gasteiger partial charge in [0.05, 0.1) is 6.20 Å². The molecule has 1 saturated heterocycles. The van der Waals surface area contributed by atoms with E-state index in [0.29, 0.717) is 0 Å². The first-order valence-corrected chi connectivity index (χ1v) is 8.43. The van der Waals surface area contributed by atoms with Crippen molar-refractivity contribution in [3.05, 3.63) is 48.3 Å². The summed E-state index contributed by atoms with van der Waals surface area (Å²) < 4.78 is 1.73. The van der Waals surface area contributed by atoms with E-state index in [1.165, 1.54) is 5.69 Å². The first kappa shape index (κ1) is 22.3. The van der Waals surface area contributed by atoms with Crippen LogP contribution in [0.25, 0.3) is 0 Å². The zero-order valence-electron chi connectivity index (χ0n) is 15.2. The van der Waals surface area contributed by atoms with Crippen LogP contribution in [-0.2, 0) is 11.8 Å². The van der Waals surface area contributed by atoms with E-state index in [1.54, 1.807) is 10.9 Å². The molecule has 1 unspecified atom stereocenters. The van der Waals surface area contributed by atoms with Crippen LogP contribution in [0.4, 0.5) is 5.69 Å². The van der Waals surface area contributed by atoms with Crippen LogP contribution in [0.2, 0.25) is 0 Å². The third-order valence-electron chi connectivity index (χ3n) is 4.52. The van der Waals surface area contributed by atoms with Crippen LogP contribution in [0.3, 0.4) is 0 Å². The van der Waals surface area contributed by atoms with Gasteiger partial charge in [-0.1, -0.05) is 18.2 Å². The van der Waals surface area contributed by atoms with Crippen LogP contribution in [0, 0.1) is 0 Å². The summed E-state index contributed by atoms with van der Waals surface area (Å²) in [7, 11) is 3.69. The highest BCUT2D eigenvalue weighted by Gasteiger charge is 2.27. The monoisotopic (exact) mass is 399 g/mol. The van der Waals surface area contributed by atoms with E-state index in [-0.39, 0.29) is 36.8 Å². The summed E-state index contributed by atoms with van der Waals surface area (Å²) in [6.07, 6.45) is 4.63. The molecular weight excluding hydrogens is 373 g/mol. The molecule has 8 heteroatoms. The highest BCUT2D eigenvalue weighted by molar-refractivity contribution is 5.85. The minimum atomic E-state index is -0.332. The van der Waals surface area contributed by atoms with Crippen LogP contribution in [0.5, 0.6) is 0 Å². The zero-order chi connectivity index (χ0) is 16.9. The molecule has 0 bridgehead atoms. The van der Waals surface area contributed by atoms with Crippen molar-refractivity contribution < 1.29 is 4.79 Å². The smallest absolute Gasteiger partial charge is 0.244 e. The van der Waals surface area contributed by atoms with E-state index in [0.717, 1.165) is 38.2 Å². The second-order valence-electron chi connectivity index (χ2n) is 6.17. The van der Waals surface area contributed by atoms with Gasteiger partial charge in [-0.05, 0) is 25.6 Å². The Bertz CT molecular complexity index is 679. The van der Waals surface area contributed by atoms with Gasteiger partial charge in [0.25, 0.3) is 0 Å². The average molecular weight is 400 g/mol. The second-order valence-corrected chi connectivity index (χ2v) is 6.17. The summed E-state index contributed by atoms with van der Waals surface area (Å²) in [5, 5.41) is 7.31. The van der Waals surface area contributed by atoms with Crippen molar-refractivity contribution in [2.24, 2.45) is 7.05 Å². The zero-order valence-corrected chi connectivity index (χ0v) is 16.8. The summed E-state index contributed by atoms with van der Waals surface area (Å²) in [6.45, 7) is 3.37. The summed E-state index contributed by atoms with van der Waals surface area (Å²) in [5.74, 6) is 0.125. The average Bonchev–Trinajstić information content (AvgIpc) is 2.88. The van der Waals surface area contributed by atoms with Crippen molar-refractivity contribution in [3.8, 4) is 0 Å². The van der Waals surface area contributed by atoms with E-state index in [9.17, 15) is 4.79 Å². The third kappa shape index (κ3) is 5.13. The number of hydrogen-bond donors (Lipinski definition) is 1. The Hall–Kier alpha value is -1.76. The predicted molar refractivity (Wildman–Crippen MR) is 109 cm³/mol. The van der Waals surface area contributed by atoms with Gasteiger partial charge in [0.1, 0.15) is 6.04 Å². The van der Waals surface area contributed by atoms with E-state index < -0.39 is 0 Å². The molecule has 1 aliphatic rings. The summed E-state index contributed by atoms with van der Waals surface area (Å²) >= 11 is 0. The molecule has 26 heavy (non-hydrogen) atoms. The van der Waals surface area contributed by atoms with E-state index in [2.05, 4.69) is 39.6 Å². The molecular formula is C18H27Cl2N5O. The first-order valence-electron chi connectivity index (χ1n) is 8.43. The molecule has 1 N–H and O–H groups in total. The third-order valence-corrected chi connectivity index (χ3v) is 4.52. The van der Waals surface area contributed by atoms with Crippen molar-refractivity contribution in [3.63, 3.8) is 0 Å². The largest absolute Gasteiger partial charge is 0.370 e. The maximum atomic E-state index is 12.9. The quantitative estimate of drug-likeness (QED) is 0.856. The maximum absolute atomic E-state index is 12.9. The van der Waals surface area contributed by atoms with Gasteiger partial charge in [0.2, 0.25) is 5.91 Å². The molecule has 0 aliphatic carbocycles. The number of carbonyl (C=O) groups is 1. The molecule has 0 saturated carbocycles. The Balaban J connectivity index is 0.00000169. The van der Waals surface area contributed by atoms with Gasteiger partial charge in [-0.25, -0.2) is 0 Å². The van der Waals surface area contributed by atoms with Crippen molar-refractivity contribution in [2.75, 3.05) is 38.1 Å². The van der Waals surface area contributed by atoms with Crippen molar-refractivity contribution >= 4 is 36.4 Å². The SMILES string of the molecule is CNC(C(=O)N1CCCN(c2ccccc2)CC1)c1cnn(C)c1.Cl.Cl. The number of benzene rings is 1. The molecule has 0 spiro atoms. The Morgan fingerprint density at radius 2 is 1.85 bits per heavy atom. The molecule has 1 aromatic carbocycles. The number of para-hydroxylation sites is 1. The van der Waals surface area contributed by atoms with Crippen LogP contribution in [0.1, 0.15) is 18.0 Å². The number of nitrogens with zero attached hydrogens (tertiary/aromatic N) is 4. The number of carbonyl (C=O) groups excluding carboxylic acids is 1. The predicted octanol–water partition coefficient (Wildman–Crippen LogP) is 2.26. The number of hydrogen-bond acceptors (Lipinski definition) is 4. The van der Waals surface area contributed by atoms with Gasteiger partial charge < -0.3 is 15.1 Å². The van der Waals surface area contributed by atoms with Gasteiger partial charge in [-0.3, -0.25) is 9.48 Å². The summed E-state index contributed by atoms with van der Waals surface area (Å²) in [6, 6.07) is 10.1. The highest BCUT2D eigenvalue weighted by Crippen LogP contribution is 2.19. The van der Waals surface area contributed by atoms with Gasteiger partial charge in [-0.15, -0.1) is 24.8 Å². The minimum Gasteiger partial charge on any atom is -0.370 e. The fraction of sp³-hybridized carbons (Fsp3) is 0.444. The van der Waals surface area contributed by atoms with Gasteiger partial charge in [0.15, 0.2) is 0 Å². The van der Waals surface area contributed by atoms with Crippen LogP contribution in [-0.4, -0.2) is 53.8 Å². The Kier molecular flexibility index (Phi) is 8.92. The lowest BCUT2D eigenvalue weighted by atomic mass is 10.1. The normalized spacial score (nSPS) is 15.5. The Labute approximate surface area is 167 Å². The van der Waals surface area contributed by atoms with Crippen molar-refractivity contribution in [1.82, 2.24) is 20.0 Å². The lowest BCUT2D eigenvalue weighted by Gasteiger charge is -2.26. The van der Waals surface area contributed by atoms with Crippen LogP contribution >= 0.6 is 24.8 Å². The topological polar surface area (TPSA) is 53.4 Å². The number of likely N-dealkylation sites (N-methyl/N-ethyl adjacent to an activating group) is 1. The number of rotatable bonds is 4. The molecule has 1 fully saturated rings. The maximum Gasteiger partial charge on any atom is 0.244 e. The molecule has 2 heterocycles. The number of aryl methyl sites for hydroxylation is 1. The van der Waals surface area contributed by atoms with Crippen molar-refractivity contribution in [1.29, 1.82) is 0 Å². The number of amides is 1. The van der Waals surface area contributed by atoms with Gasteiger partial charge in [0, 0.05) is 50.7 Å². The number of halogens is 2. The molecule has 1 aromatic heterocycles. The standard InChI is InChI=1S/C18H25N5O.2ClH/c1-19-17(15-13-20-21(2)14-15)18(24)23-10-6-9-22(11-12-23)16-7-4-3-5-8-16;;/h3-5,7-8,13-14,17,19H,6,9-12H2,1-2H3;2*1H. The molecule has 2 aromatic rings. The molecule has 144 valence electrons. The van der Waals surface area contributed by atoms with Gasteiger partial charge >= 0.3 is 0 Å². The summed E-state index contributed by atoms with van der Waals surface area (Å²) in [4.78, 5) is 17.3. The fourth-order valence-corrected chi connectivity index (χ4v) is 3.24. The number of anilines is 1. The van der Waals surface area contributed by atoms with Gasteiger partial charge in [-0.2, -0.15) is 5.10 Å². The van der Waals surface area contributed by atoms with E-state index in [1.807, 2.05) is 31.3 Å². The first-order chi connectivity index (χ1) is 11.7. The minimum absolute atomic E-state index is 0. The van der Waals surface area contributed by atoms with Crippen molar-refractivity contribution in [2.45, 2.75) is 12.5 Å². The molecule has 1 amide bonds. The molecule has 1 aliphatic heterocycles. The van der Waals surface area contributed by atoms with Crippen LogP contribution in [0.15, 0.2) is 42.7 Å². The molecule has 6 nitrogen and oxygen atoms in total.